The molecule has 3 nitrogen and oxygen atoms in total. The van der Waals surface area contributed by atoms with E-state index in [1.54, 1.807) is 0 Å². The van der Waals surface area contributed by atoms with E-state index in [0.717, 1.165) is 6.20 Å². The van der Waals surface area contributed by atoms with Crippen molar-refractivity contribution in [2.24, 2.45) is 0 Å². The van der Waals surface area contributed by atoms with Crippen LogP contribution in [0.1, 0.15) is 32.3 Å². The number of imidazole rings is 1. The molecule has 0 bridgehead atoms. The van der Waals surface area contributed by atoms with Crippen molar-refractivity contribution in [3.05, 3.63) is 17.7 Å². The zero-order valence-electron chi connectivity index (χ0n) is 8.87. The van der Waals surface area contributed by atoms with E-state index in [9.17, 15) is 13.2 Å². The second-order valence-electron chi connectivity index (χ2n) is 4.34. The monoisotopic (exact) mass is 221 g/mol. The summed E-state index contributed by atoms with van der Waals surface area (Å²) in [6.45, 7) is 6.08. The van der Waals surface area contributed by atoms with Gasteiger partial charge in [0.05, 0.1) is 12.7 Å². The highest BCUT2D eigenvalue weighted by atomic mass is 19.4. The molecule has 0 saturated heterocycles. The van der Waals surface area contributed by atoms with Crippen LogP contribution in [0.15, 0.2) is 6.20 Å². The van der Waals surface area contributed by atoms with Crippen molar-refractivity contribution < 1.29 is 13.2 Å². The van der Waals surface area contributed by atoms with Gasteiger partial charge in [0.2, 0.25) is 0 Å². The standard InChI is InChI=1S/C9H14F3N3/c1-8(2,3)14-5-7-13-4-6(15-7)9(10,11)12/h4,14H,5H2,1-3H3,(H,13,15). The molecule has 1 rings (SSSR count). The molecule has 0 atom stereocenters. The number of hydrogen-bond acceptors (Lipinski definition) is 2. The molecule has 0 amide bonds. The number of rotatable bonds is 2. The summed E-state index contributed by atoms with van der Waals surface area (Å²) in [6, 6.07) is 0. The molecule has 0 aliphatic carbocycles. The summed E-state index contributed by atoms with van der Waals surface area (Å²) in [5, 5.41) is 3.04. The topological polar surface area (TPSA) is 40.7 Å². The number of nitrogens with one attached hydrogen (secondary N) is 2. The first-order chi connectivity index (χ1) is 6.68. The zero-order valence-corrected chi connectivity index (χ0v) is 8.87. The highest BCUT2D eigenvalue weighted by Gasteiger charge is 2.32. The second-order valence-corrected chi connectivity index (χ2v) is 4.34. The number of hydrogen-bond donors (Lipinski definition) is 2. The van der Waals surface area contributed by atoms with Crippen molar-refractivity contribution in [3.8, 4) is 0 Å². The first-order valence-electron chi connectivity index (χ1n) is 4.54. The Morgan fingerprint density at radius 1 is 1.33 bits per heavy atom. The summed E-state index contributed by atoms with van der Waals surface area (Å²) < 4.78 is 36.6. The van der Waals surface area contributed by atoms with Gasteiger partial charge in [0.25, 0.3) is 0 Å². The van der Waals surface area contributed by atoms with E-state index in [1.807, 2.05) is 20.8 Å². The van der Waals surface area contributed by atoms with Gasteiger partial charge in [-0.3, -0.25) is 0 Å². The molecule has 1 aromatic rings. The second kappa shape index (κ2) is 3.84. The fourth-order valence-electron chi connectivity index (χ4n) is 0.945. The third-order valence-electron chi connectivity index (χ3n) is 1.72. The lowest BCUT2D eigenvalue weighted by molar-refractivity contribution is -0.140. The Kier molecular flexibility index (Phi) is 3.08. The first kappa shape index (κ1) is 12.0. The number of alkyl halides is 3. The molecule has 1 aromatic heterocycles. The molecule has 15 heavy (non-hydrogen) atoms. The van der Waals surface area contributed by atoms with Gasteiger partial charge in [-0.2, -0.15) is 13.2 Å². The molecule has 0 fully saturated rings. The van der Waals surface area contributed by atoms with Gasteiger partial charge in [-0.25, -0.2) is 4.98 Å². The summed E-state index contributed by atoms with van der Waals surface area (Å²) in [6.07, 6.45) is -3.55. The van der Waals surface area contributed by atoms with Crippen LogP contribution in [-0.2, 0) is 12.7 Å². The minimum absolute atomic E-state index is 0.148. The SMILES string of the molecule is CC(C)(C)NCc1ncc(C(F)(F)F)[nH]1. The lowest BCUT2D eigenvalue weighted by Crippen LogP contribution is -2.35. The molecule has 0 unspecified atom stereocenters. The van der Waals surface area contributed by atoms with Crippen LogP contribution in [0.5, 0.6) is 0 Å². The number of aromatic amines is 1. The summed E-state index contributed by atoms with van der Waals surface area (Å²) in [7, 11) is 0. The van der Waals surface area contributed by atoms with E-state index in [0.29, 0.717) is 6.54 Å². The lowest BCUT2D eigenvalue weighted by atomic mass is 10.1. The van der Waals surface area contributed by atoms with Gasteiger partial charge in [0.15, 0.2) is 0 Å². The van der Waals surface area contributed by atoms with E-state index >= 15 is 0 Å². The predicted molar refractivity (Wildman–Crippen MR) is 50.2 cm³/mol. The molecule has 86 valence electrons. The maximum Gasteiger partial charge on any atom is 0.432 e. The fraction of sp³-hybridized carbons (Fsp3) is 0.667. The zero-order chi connectivity index (χ0) is 11.7. The number of nitrogens with zero attached hydrogens (tertiary/aromatic N) is 1. The minimum atomic E-state index is -4.35. The molecule has 2 N–H and O–H groups in total. The van der Waals surface area contributed by atoms with Crippen LogP contribution in [0.4, 0.5) is 13.2 Å². The van der Waals surface area contributed by atoms with E-state index in [1.165, 1.54) is 0 Å². The van der Waals surface area contributed by atoms with Crippen LogP contribution in [-0.4, -0.2) is 15.5 Å². The van der Waals surface area contributed by atoms with Gasteiger partial charge in [-0.05, 0) is 20.8 Å². The van der Waals surface area contributed by atoms with Crippen molar-refractivity contribution >= 4 is 0 Å². The molecule has 0 spiro atoms. The Morgan fingerprint density at radius 3 is 2.33 bits per heavy atom. The molecule has 0 radical (unpaired) electrons. The highest BCUT2D eigenvalue weighted by molar-refractivity contribution is 5.05. The van der Waals surface area contributed by atoms with Crippen molar-refractivity contribution in [1.82, 2.24) is 15.3 Å². The molecular formula is C9H14F3N3. The summed E-state index contributed by atoms with van der Waals surface area (Å²) in [5.74, 6) is 0.289. The fourth-order valence-corrected chi connectivity index (χ4v) is 0.945. The van der Waals surface area contributed by atoms with Gasteiger partial charge < -0.3 is 10.3 Å². The third-order valence-corrected chi connectivity index (χ3v) is 1.72. The Morgan fingerprint density at radius 2 is 1.93 bits per heavy atom. The van der Waals surface area contributed by atoms with Crippen LogP contribution in [0.25, 0.3) is 0 Å². The summed E-state index contributed by atoms with van der Waals surface area (Å²) in [5.41, 5.74) is -0.959. The molecule has 0 aliphatic rings. The van der Waals surface area contributed by atoms with Crippen LogP contribution < -0.4 is 5.32 Å². The maximum atomic E-state index is 12.2. The van der Waals surface area contributed by atoms with E-state index in [-0.39, 0.29) is 11.4 Å². The average molecular weight is 221 g/mol. The molecule has 1 heterocycles. The Bertz CT molecular complexity index is 322. The summed E-state index contributed by atoms with van der Waals surface area (Å²) in [4.78, 5) is 5.87. The summed E-state index contributed by atoms with van der Waals surface area (Å²) >= 11 is 0. The van der Waals surface area contributed by atoms with E-state index < -0.39 is 11.9 Å². The maximum absolute atomic E-state index is 12.2. The predicted octanol–water partition coefficient (Wildman–Crippen LogP) is 2.32. The Hall–Kier alpha value is -1.04. The smallest absolute Gasteiger partial charge is 0.337 e. The lowest BCUT2D eigenvalue weighted by Gasteiger charge is -2.19. The van der Waals surface area contributed by atoms with Gasteiger partial charge in [-0.15, -0.1) is 0 Å². The van der Waals surface area contributed by atoms with Gasteiger partial charge in [0.1, 0.15) is 11.5 Å². The first-order valence-corrected chi connectivity index (χ1v) is 4.54. The van der Waals surface area contributed by atoms with Crippen molar-refractivity contribution in [1.29, 1.82) is 0 Å². The number of H-pyrrole nitrogens is 1. The molecule has 0 aliphatic heterocycles. The third kappa shape index (κ3) is 3.91. The Balaban J connectivity index is 2.62. The van der Waals surface area contributed by atoms with E-state index in [4.69, 9.17) is 0 Å². The molecule has 0 aromatic carbocycles. The largest absolute Gasteiger partial charge is 0.432 e. The molecule has 0 saturated carbocycles. The molecule has 6 heteroatoms. The van der Waals surface area contributed by atoms with Crippen molar-refractivity contribution in [2.75, 3.05) is 0 Å². The van der Waals surface area contributed by atoms with E-state index in [2.05, 4.69) is 15.3 Å². The Labute approximate surface area is 86.1 Å². The van der Waals surface area contributed by atoms with Crippen LogP contribution in [0, 0.1) is 0 Å². The van der Waals surface area contributed by atoms with Crippen LogP contribution >= 0.6 is 0 Å². The number of aromatic nitrogens is 2. The van der Waals surface area contributed by atoms with Crippen molar-refractivity contribution in [2.45, 2.75) is 39.0 Å². The van der Waals surface area contributed by atoms with Crippen LogP contribution in [0.2, 0.25) is 0 Å². The van der Waals surface area contributed by atoms with Gasteiger partial charge in [-0.1, -0.05) is 0 Å². The average Bonchev–Trinajstić information content (AvgIpc) is 2.45. The normalized spacial score (nSPS) is 13.2. The quantitative estimate of drug-likeness (QED) is 0.804. The van der Waals surface area contributed by atoms with Crippen LogP contribution in [0.3, 0.4) is 0 Å². The van der Waals surface area contributed by atoms with Gasteiger partial charge >= 0.3 is 6.18 Å². The number of halogens is 3. The minimum Gasteiger partial charge on any atom is -0.337 e. The highest BCUT2D eigenvalue weighted by Crippen LogP contribution is 2.27. The van der Waals surface area contributed by atoms with Gasteiger partial charge in [0, 0.05) is 5.54 Å². The molecular weight excluding hydrogens is 207 g/mol. The van der Waals surface area contributed by atoms with Crippen molar-refractivity contribution in [3.63, 3.8) is 0 Å².